The van der Waals surface area contributed by atoms with Crippen molar-refractivity contribution >= 4 is 40.7 Å². The van der Waals surface area contributed by atoms with Gasteiger partial charge in [0.15, 0.2) is 23.6 Å². The van der Waals surface area contributed by atoms with Crippen LogP contribution in [0.25, 0.3) is 0 Å². The molecule has 0 radical (unpaired) electrons. The smallest absolute Gasteiger partial charge is 0.263 e. The highest BCUT2D eigenvalue weighted by Crippen LogP contribution is 2.34. The first-order valence-corrected chi connectivity index (χ1v) is 9.74. The number of fused-ring (bicyclic) bond motifs is 1. The molecule has 1 fully saturated rings. The molecule has 2 aliphatic rings. The van der Waals surface area contributed by atoms with E-state index >= 15 is 0 Å². The second-order valence-corrected chi connectivity index (χ2v) is 7.33. The van der Waals surface area contributed by atoms with E-state index in [4.69, 9.17) is 21.1 Å². The number of imide groups is 1. The highest BCUT2D eigenvalue weighted by molar-refractivity contribution is 6.32. The number of methoxy groups -OCH3 is 2. The molecule has 0 saturated carbocycles. The summed E-state index contributed by atoms with van der Waals surface area (Å²) in [5.74, 6) is -1.50. The number of amides is 3. The number of hydrogen-bond acceptors (Lipinski definition) is 8. The monoisotopic (exact) mass is 461 g/mol. The van der Waals surface area contributed by atoms with Gasteiger partial charge in [0.05, 0.1) is 24.9 Å². The van der Waals surface area contributed by atoms with Gasteiger partial charge >= 0.3 is 0 Å². The van der Waals surface area contributed by atoms with Gasteiger partial charge in [0, 0.05) is 11.8 Å². The van der Waals surface area contributed by atoms with Crippen LogP contribution in [-0.4, -0.2) is 55.6 Å². The number of ether oxygens (including phenoxy) is 2. The molecule has 166 valence electrons. The number of carbonyl (C=O) groups excluding carboxylic acids is 3. The fourth-order valence-electron chi connectivity index (χ4n) is 3.49. The zero-order valence-electron chi connectivity index (χ0n) is 16.9. The van der Waals surface area contributed by atoms with Gasteiger partial charge in [-0.3, -0.25) is 19.4 Å². The summed E-state index contributed by atoms with van der Waals surface area (Å²) in [6.45, 7) is -0.323. The minimum Gasteiger partial charge on any atom is -0.493 e. The molecule has 2 atom stereocenters. The summed E-state index contributed by atoms with van der Waals surface area (Å²) >= 11 is 5.78. The molecule has 0 unspecified atom stereocenters. The fraction of sp³-hybridized carbons (Fsp3) is 0.250. The molecular weight excluding hydrogens is 445 g/mol. The van der Waals surface area contributed by atoms with Gasteiger partial charge < -0.3 is 14.8 Å². The van der Waals surface area contributed by atoms with Gasteiger partial charge in [-0.25, -0.2) is 9.29 Å². The summed E-state index contributed by atoms with van der Waals surface area (Å²) in [5, 5.41) is 11.3. The Hall–Kier alpha value is -3.73. The largest absolute Gasteiger partial charge is 0.493 e. The molecule has 12 heteroatoms. The van der Waals surface area contributed by atoms with Crippen LogP contribution < -0.4 is 19.7 Å². The van der Waals surface area contributed by atoms with E-state index in [0.717, 1.165) is 16.0 Å². The van der Waals surface area contributed by atoms with Crippen molar-refractivity contribution in [2.45, 2.75) is 12.1 Å². The molecule has 0 bridgehead atoms. The molecular formula is C20H17ClFN5O5. The lowest BCUT2D eigenvalue weighted by Crippen LogP contribution is -2.43. The van der Waals surface area contributed by atoms with E-state index in [0.29, 0.717) is 17.2 Å². The summed E-state index contributed by atoms with van der Waals surface area (Å²) in [6, 6.07) is 6.16. The molecule has 0 aliphatic carbocycles. The minimum atomic E-state index is -1.10. The Labute approximate surface area is 186 Å². The molecule has 3 amide bonds. The third kappa shape index (κ3) is 3.71. The van der Waals surface area contributed by atoms with Gasteiger partial charge in [-0.05, 0) is 30.3 Å². The van der Waals surface area contributed by atoms with E-state index in [2.05, 4.69) is 15.7 Å². The van der Waals surface area contributed by atoms with Crippen LogP contribution in [0.15, 0.2) is 46.7 Å². The van der Waals surface area contributed by atoms with Gasteiger partial charge in [0.2, 0.25) is 5.91 Å². The molecule has 32 heavy (non-hydrogen) atoms. The highest BCUT2D eigenvalue weighted by Gasteiger charge is 2.55. The molecule has 1 N–H and O–H groups in total. The molecule has 2 heterocycles. The third-order valence-corrected chi connectivity index (χ3v) is 5.28. The molecule has 1 saturated heterocycles. The van der Waals surface area contributed by atoms with Crippen molar-refractivity contribution < 1.29 is 28.2 Å². The van der Waals surface area contributed by atoms with E-state index in [-0.39, 0.29) is 17.3 Å². The predicted octanol–water partition coefficient (Wildman–Crippen LogP) is 2.43. The Morgan fingerprint density at radius 1 is 1.12 bits per heavy atom. The number of rotatable bonds is 6. The van der Waals surface area contributed by atoms with E-state index < -0.39 is 35.6 Å². The van der Waals surface area contributed by atoms with Crippen LogP contribution in [-0.2, 0) is 14.4 Å². The zero-order valence-corrected chi connectivity index (χ0v) is 17.7. The second-order valence-electron chi connectivity index (χ2n) is 6.92. The topological polar surface area (TPSA) is 113 Å². The van der Waals surface area contributed by atoms with Crippen LogP contribution in [0.2, 0.25) is 5.02 Å². The van der Waals surface area contributed by atoms with E-state index in [1.807, 2.05) is 0 Å². The molecule has 0 spiro atoms. The number of anilines is 2. The first kappa shape index (κ1) is 21.5. The van der Waals surface area contributed by atoms with Gasteiger partial charge in [0.25, 0.3) is 11.8 Å². The van der Waals surface area contributed by atoms with Crippen molar-refractivity contribution in [3.05, 3.63) is 47.2 Å². The van der Waals surface area contributed by atoms with Crippen molar-refractivity contribution in [2.24, 2.45) is 10.3 Å². The number of benzene rings is 2. The van der Waals surface area contributed by atoms with Crippen molar-refractivity contribution in [2.75, 3.05) is 31.0 Å². The predicted molar refractivity (Wildman–Crippen MR) is 111 cm³/mol. The second kappa shape index (κ2) is 8.42. The lowest BCUT2D eigenvalue weighted by molar-refractivity contribution is -0.123. The average Bonchev–Trinajstić information content (AvgIpc) is 3.29. The number of nitrogens with zero attached hydrogens (tertiary/aromatic N) is 4. The first-order chi connectivity index (χ1) is 15.3. The molecule has 10 nitrogen and oxygen atoms in total. The van der Waals surface area contributed by atoms with Crippen LogP contribution >= 0.6 is 11.6 Å². The summed E-state index contributed by atoms with van der Waals surface area (Å²) in [5.41, 5.74) is 0.558. The lowest BCUT2D eigenvalue weighted by atomic mass is 10.1. The summed E-state index contributed by atoms with van der Waals surface area (Å²) in [4.78, 5) is 39.1. The van der Waals surface area contributed by atoms with E-state index in [1.54, 1.807) is 18.2 Å². The van der Waals surface area contributed by atoms with Crippen molar-refractivity contribution in [3.8, 4) is 11.5 Å². The van der Waals surface area contributed by atoms with Crippen LogP contribution in [0, 0.1) is 5.82 Å². The Morgan fingerprint density at radius 3 is 2.56 bits per heavy atom. The lowest BCUT2D eigenvalue weighted by Gasteiger charge is -2.20. The Balaban J connectivity index is 1.48. The minimum absolute atomic E-state index is 0.116. The Kier molecular flexibility index (Phi) is 5.66. The van der Waals surface area contributed by atoms with E-state index in [1.165, 1.54) is 26.4 Å². The van der Waals surface area contributed by atoms with Gasteiger partial charge in [-0.1, -0.05) is 16.8 Å². The van der Waals surface area contributed by atoms with Crippen LogP contribution in [0.3, 0.4) is 0 Å². The Morgan fingerprint density at radius 2 is 1.88 bits per heavy atom. The third-order valence-electron chi connectivity index (χ3n) is 4.99. The summed E-state index contributed by atoms with van der Waals surface area (Å²) < 4.78 is 23.8. The highest BCUT2D eigenvalue weighted by atomic mass is 35.5. The number of hydrogen-bond donors (Lipinski definition) is 1. The van der Waals surface area contributed by atoms with E-state index in [9.17, 15) is 18.8 Å². The molecule has 2 aromatic rings. The maximum atomic E-state index is 13.5. The molecule has 2 aromatic carbocycles. The molecule has 0 aromatic heterocycles. The quantitative estimate of drug-likeness (QED) is 0.661. The van der Waals surface area contributed by atoms with Crippen LogP contribution in [0.5, 0.6) is 11.5 Å². The average molecular weight is 462 g/mol. The number of halogens is 2. The SMILES string of the molecule is COc1ccc(NC(=O)CN2N=N[C@H]3C(=O)N(c4ccc(F)c(Cl)c4)C(=O)[C@@H]32)cc1OC. The number of carbonyl (C=O) groups is 3. The van der Waals surface area contributed by atoms with Crippen LogP contribution in [0.4, 0.5) is 15.8 Å². The Bertz CT molecular complexity index is 1140. The summed E-state index contributed by atoms with van der Waals surface area (Å²) in [6.07, 6.45) is 0. The molecule has 4 rings (SSSR count). The fourth-order valence-corrected chi connectivity index (χ4v) is 3.67. The normalized spacial score (nSPS) is 19.4. The molecule has 2 aliphatic heterocycles. The zero-order chi connectivity index (χ0) is 23.0. The maximum Gasteiger partial charge on any atom is 0.263 e. The van der Waals surface area contributed by atoms with Crippen molar-refractivity contribution in [1.29, 1.82) is 0 Å². The standard InChI is InChI=1S/C20H17ClFN5O5/c1-31-14-6-3-10(7-15(14)32-2)23-16(28)9-26-18-17(24-25-26)19(29)27(20(18)30)11-4-5-13(22)12(21)8-11/h3-8,17-18H,9H2,1-2H3,(H,23,28)/t17-,18-/m1/s1. The summed E-state index contributed by atoms with van der Waals surface area (Å²) in [7, 11) is 2.96. The first-order valence-electron chi connectivity index (χ1n) is 9.36. The van der Waals surface area contributed by atoms with Crippen LogP contribution in [0.1, 0.15) is 0 Å². The maximum absolute atomic E-state index is 13.5. The van der Waals surface area contributed by atoms with Gasteiger partial charge in [0.1, 0.15) is 12.4 Å². The van der Waals surface area contributed by atoms with Gasteiger partial charge in [-0.2, -0.15) is 5.11 Å². The van der Waals surface area contributed by atoms with Gasteiger partial charge in [-0.15, -0.1) is 0 Å². The van der Waals surface area contributed by atoms with Crippen molar-refractivity contribution in [3.63, 3.8) is 0 Å². The van der Waals surface area contributed by atoms with Crippen molar-refractivity contribution in [1.82, 2.24) is 5.01 Å². The number of nitrogens with one attached hydrogen (secondary N) is 1.